The van der Waals surface area contributed by atoms with Crippen LogP contribution in [0.2, 0.25) is 0 Å². The largest absolute Gasteiger partial charge is 0.480 e. The molecule has 2 atom stereocenters. The molecule has 4 aromatic rings. The Morgan fingerprint density at radius 2 is 1.09 bits per heavy atom. The molecule has 0 aliphatic carbocycles. The van der Waals surface area contributed by atoms with Crippen molar-refractivity contribution in [2.75, 3.05) is 0 Å². The van der Waals surface area contributed by atoms with Crippen molar-refractivity contribution in [1.29, 1.82) is 0 Å². The summed E-state index contributed by atoms with van der Waals surface area (Å²) in [5.74, 6) is -1.98. The van der Waals surface area contributed by atoms with Crippen LogP contribution in [-0.2, 0) is 22.4 Å². The maximum atomic E-state index is 10.9. The number of nitrogens with two attached hydrogens (primary N) is 2. The third kappa shape index (κ3) is 5.78. The molecule has 2 unspecified atom stereocenters. The van der Waals surface area contributed by atoms with Crippen LogP contribution in [0.5, 0.6) is 0 Å². The van der Waals surface area contributed by atoms with Gasteiger partial charge in [0, 0.05) is 47.0 Å². The minimum Gasteiger partial charge on any atom is -0.480 e. The number of nitrogens with one attached hydrogen (secondary N) is 2. The highest BCUT2D eigenvalue weighted by atomic mass is 16.4. The first-order valence-corrected chi connectivity index (χ1v) is 10.2. The molecule has 0 aliphatic heterocycles. The molecule has 0 spiro atoms. The van der Waals surface area contributed by atoms with Gasteiger partial charge in [-0.1, -0.05) is 36.4 Å². The van der Waals surface area contributed by atoms with Crippen molar-refractivity contribution in [3.8, 4) is 0 Å². The van der Waals surface area contributed by atoms with Gasteiger partial charge in [0.15, 0.2) is 0 Å². The zero-order valence-electron chi connectivity index (χ0n) is 18.6. The van der Waals surface area contributed by atoms with Gasteiger partial charge >= 0.3 is 11.9 Å². The molecule has 0 saturated carbocycles. The molecule has 2 heterocycles. The number of hydrogen-bond acceptors (Lipinski definition) is 4. The zero-order chi connectivity index (χ0) is 23.5. The number of benzene rings is 2. The van der Waals surface area contributed by atoms with E-state index in [-0.39, 0.29) is 5.48 Å². The van der Waals surface area contributed by atoms with Crippen LogP contribution < -0.4 is 11.5 Å². The number of H-pyrrole nitrogens is 2. The number of aliphatic carboxylic acids is 2. The normalized spacial score (nSPS) is 14.4. The summed E-state index contributed by atoms with van der Waals surface area (Å²) in [4.78, 5) is 28.1. The third-order valence-electron chi connectivity index (χ3n) is 5.44. The van der Waals surface area contributed by atoms with Gasteiger partial charge in [0.05, 0.1) is 0 Å². The number of carboxylic acids is 2. The summed E-state index contributed by atoms with van der Waals surface area (Å²) in [5.41, 5.74) is 12.9. The molecule has 0 fully saturated rings. The third-order valence-corrected chi connectivity index (χ3v) is 5.44. The Morgan fingerprint density at radius 1 is 0.758 bits per heavy atom. The lowest BCUT2D eigenvalue weighted by Gasteiger charge is -2.18. The summed E-state index contributed by atoms with van der Waals surface area (Å²) < 4.78 is 0. The van der Waals surface area contributed by atoms with Gasteiger partial charge in [-0.25, -0.2) is 0 Å². The number of carbonyl (C=O) groups is 2. The lowest BCUT2D eigenvalue weighted by Crippen LogP contribution is -2.46. The Hall–Kier alpha value is -3.66. The molecule has 4 rings (SSSR count). The summed E-state index contributed by atoms with van der Waals surface area (Å²) in [7, 11) is 0. The van der Waals surface area contributed by atoms with Crippen molar-refractivity contribution in [1.82, 2.24) is 9.97 Å². The molecule has 33 heavy (non-hydrogen) atoms. The van der Waals surface area contributed by atoms with Crippen LogP contribution in [0.1, 0.15) is 25.0 Å². The fourth-order valence-corrected chi connectivity index (χ4v) is 3.50. The Morgan fingerprint density at radius 3 is 1.42 bits per heavy atom. The number of aromatic nitrogens is 2. The van der Waals surface area contributed by atoms with E-state index in [1.807, 2.05) is 60.9 Å². The highest BCUT2D eigenvalue weighted by molar-refractivity contribution is 5.86. The minimum atomic E-state index is -1.23. The van der Waals surface area contributed by atoms with Gasteiger partial charge in [0.2, 0.25) is 0 Å². The monoisotopic (exact) mass is 454 g/mol. The Labute approximate surface area is 190 Å². The second-order valence-corrected chi connectivity index (χ2v) is 8.52. The molecule has 0 bridgehead atoms. The number of hydrogen-bond donors (Lipinski definition) is 6. The highest BCUT2D eigenvalue weighted by Gasteiger charge is 2.29. The Balaban J connectivity index is 0.000000227. The van der Waals surface area contributed by atoms with E-state index in [1.54, 1.807) is 0 Å². The number of para-hydroxylation sites is 2. The van der Waals surface area contributed by atoms with Crippen molar-refractivity contribution >= 4 is 33.7 Å². The first-order chi connectivity index (χ1) is 15.0. The SMILES string of the molecule is CC(N)(Cc1c[nH]c2ccccc12)C(=O)O.CC(N)(Cc1c[nH]c2ccccc12)C(=O)O.O. The van der Waals surface area contributed by atoms with Crippen LogP contribution in [0.25, 0.3) is 21.8 Å². The van der Waals surface area contributed by atoms with Crippen molar-refractivity contribution in [3.05, 3.63) is 72.1 Å². The summed E-state index contributed by atoms with van der Waals surface area (Å²) in [6.07, 6.45) is 4.26. The van der Waals surface area contributed by atoms with Gasteiger partial charge in [-0.15, -0.1) is 0 Å². The molecular formula is C24H30N4O5. The van der Waals surface area contributed by atoms with E-state index in [0.29, 0.717) is 12.8 Å². The van der Waals surface area contributed by atoms with E-state index in [9.17, 15) is 9.59 Å². The molecule has 2 aromatic heterocycles. The van der Waals surface area contributed by atoms with Gasteiger partial charge in [0.1, 0.15) is 11.1 Å². The van der Waals surface area contributed by atoms with Crippen molar-refractivity contribution in [2.24, 2.45) is 11.5 Å². The number of aromatic amines is 2. The Kier molecular flexibility index (Phi) is 7.65. The average Bonchev–Trinajstić information content (AvgIpc) is 3.32. The zero-order valence-corrected chi connectivity index (χ0v) is 18.6. The second kappa shape index (κ2) is 9.86. The molecule has 2 aromatic carbocycles. The van der Waals surface area contributed by atoms with Crippen LogP contribution in [0.4, 0.5) is 0 Å². The molecule has 176 valence electrons. The lowest BCUT2D eigenvalue weighted by molar-refractivity contribution is -0.143. The maximum Gasteiger partial charge on any atom is 0.323 e. The van der Waals surface area contributed by atoms with Crippen molar-refractivity contribution < 1.29 is 25.3 Å². The number of rotatable bonds is 6. The molecule has 0 aliphatic rings. The average molecular weight is 455 g/mol. The standard InChI is InChI=1S/2C12H14N2O2.H2O/c2*1-12(13,11(15)16)6-8-7-14-10-5-3-2-4-9(8)10;/h2*2-5,7,14H,6,13H2,1H3,(H,15,16);1H2. The van der Waals surface area contributed by atoms with Crippen LogP contribution in [0.3, 0.4) is 0 Å². The van der Waals surface area contributed by atoms with E-state index < -0.39 is 23.0 Å². The van der Waals surface area contributed by atoms with Crippen LogP contribution >= 0.6 is 0 Å². The second-order valence-electron chi connectivity index (χ2n) is 8.52. The summed E-state index contributed by atoms with van der Waals surface area (Å²) in [5, 5.41) is 20.0. The van der Waals surface area contributed by atoms with E-state index >= 15 is 0 Å². The van der Waals surface area contributed by atoms with E-state index in [1.165, 1.54) is 13.8 Å². The molecule has 0 radical (unpaired) electrons. The molecular weight excluding hydrogens is 424 g/mol. The predicted molar refractivity (Wildman–Crippen MR) is 128 cm³/mol. The van der Waals surface area contributed by atoms with Crippen LogP contribution in [0, 0.1) is 0 Å². The van der Waals surface area contributed by atoms with Crippen molar-refractivity contribution in [2.45, 2.75) is 37.8 Å². The minimum absolute atomic E-state index is 0. The molecule has 9 nitrogen and oxygen atoms in total. The highest BCUT2D eigenvalue weighted by Crippen LogP contribution is 2.22. The maximum absolute atomic E-state index is 10.9. The van der Waals surface area contributed by atoms with Gasteiger partial charge in [-0.2, -0.15) is 0 Å². The van der Waals surface area contributed by atoms with Gasteiger partial charge < -0.3 is 37.1 Å². The summed E-state index contributed by atoms with van der Waals surface area (Å²) in [6, 6.07) is 15.5. The number of carboxylic acid groups (broad SMARTS) is 2. The molecule has 0 amide bonds. The molecule has 10 N–H and O–H groups in total. The molecule has 0 saturated heterocycles. The lowest BCUT2D eigenvalue weighted by atomic mass is 9.94. The van der Waals surface area contributed by atoms with Crippen LogP contribution in [-0.4, -0.2) is 48.7 Å². The first-order valence-electron chi connectivity index (χ1n) is 10.2. The predicted octanol–water partition coefficient (Wildman–Crippen LogP) is 2.20. The van der Waals surface area contributed by atoms with Gasteiger partial charge in [-0.05, 0) is 37.1 Å². The fraction of sp³-hybridized carbons (Fsp3) is 0.250. The fourth-order valence-electron chi connectivity index (χ4n) is 3.50. The Bertz CT molecular complexity index is 1160. The van der Waals surface area contributed by atoms with E-state index in [4.69, 9.17) is 21.7 Å². The summed E-state index contributed by atoms with van der Waals surface area (Å²) in [6.45, 7) is 3.05. The quantitative estimate of drug-likeness (QED) is 0.259. The first kappa shape index (κ1) is 25.6. The topological polar surface area (TPSA) is 190 Å². The van der Waals surface area contributed by atoms with E-state index in [0.717, 1.165) is 32.9 Å². The number of fused-ring (bicyclic) bond motifs is 2. The summed E-state index contributed by atoms with van der Waals surface area (Å²) >= 11 is 0. The van der Waals surface area contributed by atoms with E-state index in [2.05, 4.69) is 9.97 Å². The van der Waals surface area contributed by atoms with Crippen LogP contribution in [0.15, 0.2) is 60.9 Å². The molecule has 9 heteroatoms. The van der Waals surface area contributed by atoms with Gasteiger partial charge in [0.25, 0.3) is 0 Å². The smallest absolute Gasteiger partial charge is 0.323 e. The van der Waals surface area contributed by atoms with Gasteiger partial charge in [-0.3, -0.25) is 9.59 Å². The van der Waals surface area contributed by atoms with Crippen molar-refractivity contribution in [3.63, 3.8) is 0 Å².